The number of nitrogens with one attached hydrogen (secondary N) is 2. The fraction of sp³-hybridized carbons (Fsp3) is 0.407. The number of H-pyrrole nitrogens is 1. The number of nitrogens with zero attached hydrogens (tertiary/aromatic N) is 5. The van der Waals surface area contributed by atoms with Crippen LogP contribution in [0, 0.1) is 0 Å². The third-order valence-electron chi connectivity index (χ3n) is 7.08. The largest absolute Gasteiger partial charge is 1.00 e. The van der Waals surface area contributed by atoms with Gasteiger partial charge in [-0.1, -0.05) is 23.2 Å². The maximum absolute atomic E-state index is 13.2. The van der Waals surface area contributed by atoms with Crippen LogP contribution in [-0.2, 0) is 25.7 Å². The number of fused-ring (bicyclic) bond motifs is 3. The second-order valence-electron chi connectivity index (χ2n) is 10.1. The van der Waals surface area contributed by atoms with E-state index in [9.17, 15) is 13.2 Å². The average Bonchev–Trinajstić information content (AvgIpc) is 3.48. The van der Waals surface area contributed by atoms with Crippen LogP contribution in [0.1, 0.15) is 23.0 Å². The van der Waals surface area contributed by atoms with Gasteiger partial charge in [0.1, 0.15) is 31.3 Å². The Balaban J connectivity index is 0.00000231. The molecule has 4 heterocycles. The fourth-order valence-corrected chi connectivity index (χ4v) is 5.51. The summed E-state index contributed by atoms with van der Waals surface area (Å²) in [4.78, 5) is 11.8. The Morgan fingerprint density at radius 3 is 2.56 bits per heavy atom. The second-order valence-corrected chi connectivity index (χ2v) is 11.0. The minimum atomic E-state index is -4.61. The highest BCUT2D eigenvalue weighted by Crippen LogP contribution is 2.36. The molecule has 0 saturated carbocycles. The van der Waals surface area contributed by atoms with Crippen LogP contribution in [0.4, 0.5) is 19.0 Å². The normalized spacial score (nSPS) is 14.7. The van der Waals surface area contributed by atoms with Crippen molar-refractivity contribution in [2.24, 2.45) is 0 Å². The molecular formula is C27H34Cl6F3N7. The van der Waals surface area contributed by atoms with Gasteiger partial charge < -0.3 is 27.6 Å². The average molecular weight is 726 g/mol. The number of rotatable bonds is 9. The summed E-state index contributed by atoms with van der Waals surface area (Å²) in [6, 6.07) is 8.64. The summed E-state index contributed by atoms with van der Waals surface area (Å²) in [7, 11) is 4.11. The van der Waals surface area contributed by atoms with E-state index in [1.165, 1.54) is 17.7 Å². The van der Waals surface area contributed by atoms with Crippen molar-refractivity contribution in [3.8, 4) is 0 Å². The molecule has 7 nitrogen and oxygen atoms in total. The molecule has 0 spiro atoms. The van der Waals surface area contributed by atoms with E-state index in [4.69, 9.17) is 23.2 Å². The smallest absolute Gasteiger partial charge is 0.434 e. The van der Waals surface area contributed by atoms with Gasteiger partial charge in [0.2, 0.25) is 6.33 Å². The first kappa shape index (κ1) is 39.4. The monoisotopic (exact) mass is 723 g/mol. The summed E-state index contributed by atoms with van der Waals surface area (Å²) >= 11 is 12.0. The van der Waals surface area contributed by atoms with Gasteiger partial charge in [0.25, 0.3) is 0 Å². The SMILES string of the molecule is CN(C)CCn1cc[n+](CC2c3[nH]c4ccc(Cl)cc4c3CCN2CCNc2ccc(Cl)c(C(F)(F)F)n2)c1.Cl.Cl.Cl.[Cl-]. The number of imidazole rings is 1. The summed E-state index contributed by atoms with van der Waals surface area (Å²) in [6.45, 7) is 4.41. The quantitative estimate of drug-likeness (QED) is 0.260. The van der Waals surface area contributed by atoms with Crippen LogP contribution in [0.3, 0.4) is 0 Å². The first-order valence-electron chi connectivity index (χ1n) is 12.8. The summed E-state index contributed by atoms with van der Waals surface area (Å²) in [6.07, 6.45) is 2.51. The molecule has 0 bridgehead atoms. The number of hydrogen-bond donors (Lipinski definition) is 2. The zero-order chi connectivity index (χ0) is 27.7. The summed E-state index contributed by atoms with van der Waals surface area (Å²) in [5, 5.41) is 4.48. The molecule has 0 amide bonds. The van der Waals surface area contributed by atoms with E-state index >= 15 is 0 Å². The predicted molar refractivity (Wildman–Crippen MR) is 169 cm³/mol. The van der Waals surface area contributed by atoms with Gasteiger partial charge in [-0.05, 0) is 56.4 Å². The summed E-state index contributed by atoms with van der Waals surface area (Å²) in [5.74, 6) is 0.147. The van der Waals surface area contributed by atoms with Gasteiger partial charge in [-0.15, -0.1) is 37.2 Å². The van der Waals surface area contributed by atoms with E-state index < -0.39 is 16.9 Å². The summed E-state index contributed by atoms with van der Waals surface area (Å²) < 4.78 is 44.1. The zero-order valence-electron chi connectivity index (χ0n) is 23.4. The van der Waals surface area contributed by atoms with Crippen molar-refractivity contribution in [2.75, 3.05) is 45.6 Å². The first-order valence-corrected chi connectivity index (χ1v) is 13.6. The number of alkyl halides is 3. The van der Waals surface area contributed by atoms with Gasteiger partial charge in [-0.25, -0.2) is 14.1 Å². The standard InChI is InChI=1S/C27H31Cl2F3N7.4ClH/c1-36(2)11-12-37-13-14-38(17-37)16-23-25-19(20-15-18(28)3-5-22(20)34-25)7-9-39(23)10-8-33-24-6-4-21(29)26(35-24)27(30,31)32;;;;/h3-6,13-15,17,23,34H,7-12,16H2,1-2H3,(H,33,35);4*1H/q+1;;;;/p-1. The van der Waals surface area contributed by atoms with E-state index in [0.717, 1.165) is 49.2 Å². The van der Waals surface area contributed by atoms with Gasteiger partial charge >= 0.3 is 6.18 Å². The van der Waals surface area contributed by atoms with E-state index in [-0.39, 0.29) is 61.5 Å². The molecule has 0 fully saturated rings. The number of aromatic nitrogens is 4. The highest BCUT2D eigenvalue weighted by molar-refractivity contribution is 6.31. The number of likely N-dealkylation sites (N-methyl/N-ethyl adjacent to an activating group) is 1. The third kappa shape index (κ3) is 9.43. The number of aromatic amines is 1. The van der Waals surface area contributed by atoms with Gasteiger partial charge in [0.15, 0.2) is 5.69 Å². The minimum Gasteiger partial charge on any atom is -1.00 e. The van der Waals surface area contributed by atoms with Crippen LogP contribution in [0.2, 0.25) is 10.0 Å². The Morgan fingerprint density at radius 1 is 1.12 bits per heavy atom. The highest BCUT2D eigenvalue weighted by Gasteiger charge is 2.36. The molecule has 1 aliphatic rings. The number of pyridine rings is 1. The van der Waals surface area contributed by atoms with Crippen LogP contribution in [0.5, 0.6) is 0 Å². The van der Waals surface area contributed by atoms with E-state index in [1.54, 1.807) is 0 Å². The molecule has 0 radical (unpaired) electrons. The Morgan fingerprint density at radius 2 is 1.86 bits per heavy atom. The Labute approximate surface area is 283 Å². The molecule has 4 aromatic rings. The third-order valence-corrected chi connectivity index (χ3v) is 7.62. The maximum Gasteiger partial charge on any atom is 0.434 e. The lowest BCUT2D eigenvalue weighted by molar-refractivity contribution is -0.702. The molecule has 1 aliphatic heterocycles. The molecule has 0 aliphatic carbocycles. The van der Waals surface area contributed by atoms with Gasteiger partial charge in [-0.2, -0.15) is 13.2 Å². The highest BCUT2D eigenvalue weighted by atomic mass is 35.5. The molecule has 1 aromatic carbocycles. The molecule has 5 rings (SSSR count). The molecule has 1 atom stereocenters. The lowest BCUT2D eigenvalue weighted by Crippen LogP contribution is -3.00. The van der Waals surface area contributed by atoms with Crippen molar-refractivity contribution >= 4 is 77.1 Å². The molecule has 3 aromatic heterocycles. The predicted octanol–water partition coefficient (Wildman–Crippen LogP) is 3.52. The van der Waals surface area contributed by atoms with Crippen LogP contribution in [0.15, 0.2) is 49.1 Å². The molecule has 240 valence electrons. The molecule has 43 heavy (non-hydrogen) atoms. The molecule has 2 N–H and O–H groups in total. The van der Waals surface area contributed by atoms with Gasteiger partial charge in [0, 0.05) is 47.8 Å². The van der Waals surface area contributed by atoms with Gasteiger partial charge in [-0.3, -0.25) is 4.90 Å². The maximum atomic E-state index is 13.2. The van der Waals surface area contributed by atoms with E-state index in [2.05, 4.69) is 67.0 Å². The van der Waals surface area contributed by atoms with Crippen LogP contribution < -0.4 is 22.3 Å². The topological polar surface area (TPSA) is 56.0 Å². The van der Waals surface area contributed by atoms with Crippen molar-refractivity contribution in [1.29, 1.82) is 0 Å². The number of benzene rings is 1. The Hall–Kier alpha value is -1.63. The van der Waals surface area contributed by atoms with Gasteiger partial charge in [0.05, 0.1) is 11.1 Å². The van der Waals surface area contributed by atoms with Crippen LogP contribution in [0.25, 0.3) is 10.9 Å². The molecular weight excluding hydrogens is 692 g/mol. The molecule has 1 unspecified atom stereocenters. The Kier molecular flexibility index (Phi) is 15.2. The lowest BCUT2D eigenvalue weighted by atomic mass is 9.97. The van der Waals surface area contributed by atoms with E-state index in [1.807, 2.05) is 18.2 Å². The fourth-order valence-electron chi connectivity index (χ4n) is 5.12. The first-order chi connectivity index (χ1) is 18.6. The number of halogens is 9. The zero-order valence-corrected chi connectivity index (χ0v) is 28.1. The summed E-state index contributed by atoms with van der Waals surface area (Å²) in [5.41, 5.74) is 2.38. The van der Waals surface area contributed by atoms with Crippen molar-refractivity contribution in [2.45, 2.75) is 31.7 Å². The second kappa shape index (κ2) is 16.6. The lowest BCUT2D eigenvalue weighted by Gasteiger charge is -2.35. The molecule has 16 heteroatoms. The number of anilines is 1. The van der Waals surface area contributed by atoms with Crippen molar-refractivity contribution in [3.05, 3.63) is 76.0 Å². The minimum absolute atomic E-state index is 0. The van der Waals surface area contributed by atoms with Crippen molar-refractivity contribution in [3.63, 3.8) is 0 Å². The van der Waals surface area contributed by atoms with E-state index in [0.29, 0.717) is 18.1 Å². The van der Waals surface area contributed by atoms with Crippen molar-refractivity contribution < 1.29 is 30.1 Å². The van der Waals surface area contributed by atoms with Crippen LogP contribution >= 0.6 is 60.4 Å². The number of hydrogen-bond acceptors (Lipinski definition) is 4. The Bertz CT molecular complexity index is 1460. The molecule has 0 saturated heterocycles. The van der Waals surface area contributed by atoms with Crippen LogP contribution in [-0.4, -0.2) is 64.6 Å². The van der Waals surface area contributed by atoms with Crippen molar-refractivity contribution in [1.82, 2.24) is 24.3 Å².